The van der Waals surface area contributed by atoms with Crippen LogP contribution in [0.1, 0.15) is 31.7 Å². The van der Waals surface area contributed by atoms with Crippen LogP contribution in [0.4, 0.5) is 5.82 Å². The van der Waals surface area contributed by atoms with Gasteiger partial charge < -0.3 is 15.0 Å². The minimum absolute atomic E-state index is 0.349. The predicted molar refractivity (Wildman–Crippen MR) is 78.5 cm³/mol. The van der Waals surface area contributed by atoms with Crippen LogP contribution in [0.3, 0.4) is 0 Å². The molecule has 1 atom stereocenters. The number of nitrogens with zero attached hydrogens (tertiary/aromatic N) is 2. The van der Waals surface area contributed by atoms with Gasteiger partial charge in [-0.15, -0.1) is 0 Å². The van der Waals surface area contributed by atoms with Crippen molar-refractivity contribution in [2.75, 3.05) is 31.6 Å². The molecule has 4 heteroatoms. The topological polar surface area (TPSA) is 37.4 Å². The van der Waals surface area contributed by atoms with E-state index in [0.717, 1.165) is 44.8 Å². The second-order valence-corrected chi connectivity index (χ2v) is 5.15. The lowest BCUT2D eigenvalue weighted by Crippen LogP contribution is -2.39. The SMILES string of the molecule is CCCNCc1ccc(N2CCCC(OC)C2)nc1. The van der Waals surface area contributed by atoms with E-state index < -0.39 is 0 Å². The molecule has 19 heavy (non-hydrogen) atoms. The van der Waals surface area contributed by atoms with Gasteiger partial charge in [-0.05, 0) is 37.4 Å². The van der Waals surface area contributed by atoms with Crippen LogP contribution in [0.5, 0.6) is 0 Å². The van der Waals surface area contributed by atoms with Gasteiger partial charge in [-0.1, -0.05) is 13.0 Å². The number of rotatable bonds is 6. The molecule has 0 saturated carbocycles. The summed E-state index contributed by atoms with van der Waals surface area (Å²) < 4.78 is 5.45. The van der Waals surface area contributed by atoms with Crippen molar-refractivity contribution in [3.8, 4) is 0 Å². The van der Waals surface area contributed by atoms with E-state index in [-0.39, 0.29) is 0 Å². The first-order chi connectivity index (χ1) is 9.33. The first-order valence-corrected chi connectivity index (χ1v) is 7.27. The number of nitrogens with one attached hydrogen (secondary N) is 1. The van der Waals surface area contributed by atoms with Crippen LogP contribution >= 0.6 is 0 Å². The fraction of sp³-hybridized carbons (Fsp3) is 0.667. The molecule has 1 aromatic rings. The van der Waals surface area contributed by atoms with Gasteiger partial charge in [0.25, 0.3) is 0 Å². The number of anilines is 1. The summed E-state index contributed by atoms with van der Waals surface area (Å²) in [7, 11) is 1.80. The number of piperidine rings is 1. The Hall–Kier alpha value is -1.13. The first kappa shape index (κ1) is 14.3. The van der Waals surface area contributed by atoms with E-state index in [4.69, 9.17) is 4.74 Å². The number of hydrogen-bond acceptors (Lipinski definition) is 4. The van der Waals surface area contributed by atoms with Gasteiger partial charge in [0.05, 0.1) is 6.10 Å². The minimum Gasteiger partial charge on any atom is -0.380 e. The molecule has 2 rings (SSSR count). The molecule has 106 valence electrons. The van der Waals surface area contributed by atoms with Crippen LogP contribution in [-0.2, 0) is 11.3 Å². The summed E-state index contributed by atoms with van der Waals surface area (Å²) in [5.74, 6) is 1.07. The Bertz CT molecular complexity index is 366. The number of methoxy groups -OCH3 is 1. The van der Waals surface area contributed by atoms with Gasteiger partial charge in [-0.3, -0.25) is 0 Å². The smallest absolute Gasteiger partial charge is 0.128 e. The fourth-order valence-corrected chi connectivity index (χ4v) is 2.46. The van der Waals surface area contributed by atoms with E-state index in [2.05, 4.69) is 34.3 Å². The van der Waals surface area contributed by atoms with Gasteiger partial charge in [0.2, 0.25) is 0 Å². The molecule has 1 aliphatic heterocycles. The molecular formula is C15H25N3O. The highest BCUT2D eigenvalue weighted by atomic mass is 16.5. The summed E-state index contributed by atoms with van der Waals surface area (Å²) >= 11 is 0. The zero-order chi connectivity index (χ0) is 13.5. The van der Waals surface area contributed by atoms with Crippen molar-refractivity contribution >= 4 is 5.82 Å². The Labute approximate surface area is 116 Å². The molecule has 1 aliphatic rings. The number of pyridine rings is 1. The highest BCUT2D eigenvalue weighted by Crippen LogP contribution is 2.19. The third kappa shape index (κ3) is 4.18. The monoisotopic (exact) mass is 263 g/mol. The van der Waals surface area contributed by atoms with E-state index >= 15 is 0 Å². The van der Waals surface area contributed by atoms with Crippen molar-refractivity contribution in [3.63, 3.8) is 0 Å². The van der Waals surface area contributed by atoms with E-state index in [9.17, 15) is 0 Å². The van der Waals surface area contributed by atoms with Crippen molar-refractivity contribution in [1.29, 1.82) is 0 Å². The summed E-state index contributed by atoms with van der Waals surface area (Å²) in [6.07, 6.45) is 5.83. The molecule has 2 heterocycles. The highest BCUT2D eigenvalue weighted by molar-refractivity contribution is 5.40. The molecular weight excluding hydrogens is 238 g/mol. The second kappa shape index (κ2) is 7.46. The van der Waals surface area contributed by atoms with Crippen LogP contribution in [0, 0.1) is 0 Å². The Balaban J connectivity index is 1.90. The van der Waals surface area contributed by atoms with E-state index in [0.29, 0.717) is 6.10 Å². The Kier molecular flexibility index (Phi) is 5.61. The summed E-state index contributed by atoms with van der Waals surface area (Å²) in [4.78, 5) is 6.90. The lowest BCUT2D eigenvalue weighted by Gasteiger charge is -2.32. The third-order valence-corrected chi connectivity index (χ3v) is 3.60. The number of hydrogen-bond donors (Lipinski definition) is 1. The molecule has 0 radical (unpaired) electrons. The average Bonchev–Trinajstić information content (AvgIpc) is 2.48. The maximum atomic E-state index is 5.45. The highest BCUT2D eigenvalue weighted by Gasteiger charge is 2.20. The fourth-order valence-electron chi connectivity index (χ4n) is 2.46. The largest absolute Gasteiger partial charge is 0.380 e. The number of ether oxygens (including phenoxy) is 1. The lowest BCUT2D eigenvalue weighted by molar-refractivity contribution is 0.0891. The molecule has 0 aliphatic carbocycles. The van der Waals surface area contributed by atoms with Gasteiger partial charge >= 0.3 is 0 Å². The van der Waals surface area contributed by atoms with Crippen LogP contribution < -0.4 is 10.2 Å². The molecule has 0 aromatic carbocycles. The van der Waals surface area contributed by atoms with Crippen LogP contribution in [0.2, 0.25) is 0 Å². The van der Waals surface area contributed by atoms with Gasteiger partial charge in [-0.25, -0.2) is 4.98 Å². The van der Waals surface area contributed by atoms with Crippen LogP contribution in [-0.4, -0.2) is 37.8 Å². The van der Waals surface area contributed by atoms with Crippen molar-refractivity contribution in [1.82, 2.24) is 10.3 Å². The van der Waals surface area contributed by atoms with Gasteiger partial charge in [0, 0.05) is 32.9 Å². The van der Waals surface area contributed by atoms with Crippen molar-refractivity contribution in [3.05, 3.63) is 23.9 Å². The average molecular weight is 263 g/mol. The molecule has 4 nitrogen and oxygen atoms in total. The molecule has 1 N–H and O–H groups in total. The zero-order valence-electron chi connectivity index (χ0n) is 12.1. The van der Waals surface area contributed by atoms with Gasteiger partial charge in [-0.2, -0.15) is 0 Å². The molecule has 1 unspecified atom stereocenters. The van der Waals surface area contributed by atoms with Crippen molar-refractivity contribution in [2.24, 2.45) is 0 Å². The maximum absolute atomic E-state index is 5.45. The predicted octanol–water partition coefficient (Wildman–Crippen LogP) is 2.20. The molecule has 1 saturated heterocycles. The second-order valence-electron chi connectivity index (χ2n) is 5.15. The minimum atomic E-state index is 0.349. The standard InChI is InChI=1S/C15H25N3O/c1-3-8-16-10-13-6-7-15(17-11-13)18-9-4-5-14(12-18)19-2/h6-7,11,14,16H,3-5,8-10,12H2,1-2H3. The van der Waals surface area contributed by atoms with E-state index in [1.807, 2.05) is 6.20 Å². The van der Waals surface area contributed by atoms with Crippen molar-refractivity contribution < 1.29 is 4.74 Å². The third-order valence-electron chi connectivity index (χ3n) is 3.60. The molecule has 1 fully saturated rings. The molecule has 1 aromatic heterocycles. The normalized spacial score (nSPS) is 19.7. The quantitative estimate of drug-likeness (QED) is 0.798. The Morgan fingerprint density at radius 2 is 2.37 bits per heavy atom. The zero-order valence-corrected chi connectivity index (χ0v) is 12.1. The first-order valence-electron chi connectivity index (χ1n) is 7.27. The van der Waals surface area contributed by atoms with Crippen LogP contribution in [0.25, 0.3) is 0 Å². The number of aromatic nitrogens is 1. The van der Waals surface area contributed by atoms with Gasteiger partial charge in [0.15, 0.2) is 0 Å². The molecule has 0 bridgehead atoms. The van der Waals surface area contributed by atoms with E-state index in [1.54, 1.807) is 7.11 Å². The maximum Gasteiger partial charge on any atom is 0.128 e. The summed E-state index contributed by atoms with van der Waals surface area (Å²) in [6.45, 7) is 6.18. The van der Waals surface area contributed by atoms with E-state index in [1.165, 1.54) is 12.0 Å². The van der Waals surface area contributed by atoms with Crippen molar-refractivity contribution in [2.45, 2.75) is 38.8 Å². The molecule has 0 spiro atoms. The van der Waals surface area contributed by atoms with Gasteiger partial charge in [0.1, 0.15) is 5.82 Å². The Morgan fingerprint density at radius 3 is 3.05 bits per heavy atom. The summed E-state index contributed by atoms with van der Waals surface area (Å²) in [5.41, 5.74) is 1.25. The summed E-state index contributed by atoms with van der Waals surface area (Å²) in [5, 5.41) is 3.39. The summed E-state index contributed by atoms with van der Waals surface area (Å²) in [6, 6.07) is 4.29. The lowest BCUT2D eigenvalue weighted by atomic mass is 10.1. The Morgan fingerprint density at radius 1 is 1.47 bits per heavy atom. The molecule has 0 amide bonds. The van der Waals surface area contributed by atoms with Crippen LogP contribution in [0.15, 0.2) is 18.3 Å².